The van der Waals surface area contributed by atoms with Gasteiger partial charge in [0, 0.05) is 25.1 Å². The predicted octanol–water partition coefficient (Wildman–Crippen LogP) is 0.591. The van der Waals surface area contributed by atoms with Crippen molar-refractivity contribution in [3.8, 4) is 0 Å². The molecule has 6 nitrogen and oxygen atoms in total. The van der Waals surface area contributed by atoms with Crippen LogP contribution >= 0.6 is 0 Å². The van der Waals surface area contributed by atoms with Gasteiger partial charge < -0.3 is 16.0 Å². The van der Waals surface area contributed by atoms with Crippen molar-refractivity contribution in [1.82, 2.24) is 10.2 Å². The fourth-order valence-electron chi connectivity index (χ4n) is 2.71. The summed E-state index contributed by atoms with van der Waals surface area (Å²) < 4.78 is 0. The van der Waals surface area contributed by atoms with Gasteiger partial charge in [-0.05, 0) is 31.4 Å². The Morgan fingerprint density at radius 2 is 2.05 bits per heavy atom. The van der Waals surface area contributed by atoms with Crippen molar-refractivity contribution < 1.29 is 14.4 Å². The summed E-state index contributed by atoms with van der Waals surface area (Å²) in [7, 11) is 0. The minimum atomic E-state index is -0.500. The minimum Gasteiger partial charge on any atom is -0.368 e. The van der Waals surface area contributed by atoms with E-state index in [2.05, 4.69) is 5.32 Å². The standard InChI is InChI=1S/C16H21N3O3/c1-11-5-2-3-6-12(11)16(22)18-9-8-14(20)19-10-4-7-13(19)15(17)21/h2-3,5-6,13H,4,7-10H2,1H3,(H2,17,21)(H,18,22). The van der Waals surface area contributed by atoms with Crippen molar-refractivity contribution in [2.45, 2.75) is 32.2 Å². The van der Waals surface area contributed by atoms with Gasteiger partial charge in [0.25, 0.3) is 5.91 Å². The van der Waals surface area contributed by atoms with Crippen LogP contribution in [0.2, 0.25) is 0 Å². The third-order valence-electron chi connectivity index (χ3n) is 3.92. The number of hydrogen-bond donors (Lipinski definition) is 2. The van der Waals surface area contributed by atoms with Crippen LogP contribution in [-0.2, 0) is 9.59 Å². The summed E-state index contributed by atoms with van der Waals surface area (Å²) in [6.45, 7) is 2.66. The summed E-state index contributed by atoms with van der Waals surface area (Å²) in [5.41, 5.74) is 6.78. The van der Waals surface area contributed by atoms with Gasteiger partial charge in [-0.3, -0.25) is 14.4 Å². The first-order valence-corrected chi connectivity index (χ1v) is 7.43. The lowest BCUT2D eigenvalue weighted by molar-refractivity contribution is -0.137. The van der Waals surface area contributed by atoms with Crippen molar-refractivity contribution in [3.05, 3.63) is 35.4 Å². The van der Waals surface area contributed by atoms with Crippen LogP contribution in [0.5, 0.6) is 0 Å². The summed E-state index contributed by atoms with van der Waals surface area (Å²) in [4.78, 5) is 36.9. The summed E-state index contributed by atoms with van der Waals surface area (Å²) >= 11 is 0. The Morgan fingerprint density at radius 1 is 1.32 bits per heavy atom. The average molecular weight is 303 g/mol. The SMILES string of the molecule is Cc1ccccc1C(=O)NCCC(=O)N1CCCC1C(N)=O. The van der Waals surface area contributed by atoms with Crippen LogP contribution < -0.4 is 11.1 Å². The van der Waals surface area contributed by atoms with Gasteiger partial charge in [0.2, 0.25) is 11.8 Å². The molecule has 1 aliphatic rings. The van der Waals surface area contributed by atoms with E-state index in [1.165, 1.54) is 4.90 Å². The molecule has 1 saturated heterocycles. The summed E-state index contributed by atoms with van der Waals surface area (Å²) in [5, 5.41) is 2.74. The van der Waals surface area contributed by atoms with Crippen LogP contribution in [0.1, 0.15) is 35.2 Å². The van der Waals surface area contributed by atoms with Gasteiger partial charge in [0.1, 0.15) is 6.04 Å². The fourth-order valence-corrected chi connectivity index (χ4v) is 2.71. The fraction of sp³-hybridized carbons (Fsp3) is 0.438. The Labute approximate surface area is 129 Å². The van der Waals surface area contributed by atoms with Crippen molar-refractivity contribution in [2.75, 3.05) is 13.1 Å². The number of aryl methyl sites for hydroxylation is 1. The number of nitrogens with one attached hydrogen (secondary N) is 1. The van der Waals surface area contributed by atoms with Crippen molar-refractivity contribution in [3.63, 3.8) is 0 Å². The molecule has 6 heteroatoms. The maximum atomic E-state index is 12.1. The van der Waals surface area contributed by atoms with Crippen LogP contribution in [0.25, 0.3) is 0 Å². The topological polar surface area (TPSA) is 92.5 Å². The number of primary amides is 1. The Hall–Kier alpha value is -2.37. The molecule has 0 bridgehead atoms. The molecule has 1 aromatic rings. The van der Waals surface area contributed by atoms with E-state index >= 15 is 0 Å². The van der Waals surface area contributed by atoms with Gasteiger partial charge in [-0.2, -0.15) is 0 Å². The molecule has 0 radical (unpaired) electrons. The zero-order valence-electron chi connectivity index (χ0n) is 12.7. The maximum Gasteiger partial charge on any atom is 0.251 e. The van der Waals surface area contributed by atoms with Gasteiger partial charge in [-0.25, -0.2) is 0 Å². The second-order valence-electron chi connectivity index (χ2n) is 5.47. The Morgan fingerprint density at radius 3 is 2.73 bits per heavy atom. The van der Waals surface area contributed by atoms with E-state index < -0.39 is 11.9 Å². The molecule has 0 aromatic heterocycles. The predicted molar refractivity (Wildman–Crippen MR) is 82.1 cm³/mol. The number of nitrogens with zero attached hydrogens (tertiary/aromatic N) is 1. The van der Waals surface area contributed by atoms with E-state index in [1.54, 1.807) is 12.1 Å². The second-order valence-corrected chi connectivity index (χ2v) is 5.47. The highest BCUT2D eigenvalue weighted by Crippen LogP contribution is 2.17. The number of likely N-dealkylation sites (tertiary alicyclic amines) is 1. The smallest absolute Gasteiger partial charge is 0.251 e. The number of hydrogen-bond acceptors (Lipinski definition) is 3. The molecule has 3 amide bonds. The molecular formula is C16H21N3O3. The second kappa shape index (κ2) is 7.06. The Kier molecular flexibility index (Phi) is 5.14. The van der Waals surface area contributed by atoms with Crippen molar-refractivity contribution in [2.24, 2.45) is 5.73 Å². The molecule has 0 saturated carbocycles. The molecule has 2 rings (SSSR count). The molecule has 1 unspecified atom stereocenters. The molecule has 0 spiro atoms. The molecular weight excluding hydrogens is 282 g/mol. The third kappa shape index (κ3) is 3.63. The first kappa shape index (κ1) is 16.0. The van der Waals surface area contributed by atoms with E-state index in [4.69, 9.17) is 5.73 Å². The van der Waals surface area contributed by atoms with Gasteiger partial charge in [0.05, 0.1) is 0 Å². The molecule has 1 aromatic carbocycles. The van der Waals surface area contributed by atoms with Gasteiger partial charge in [0.15, 0.2) is 0 Å². The highest BCUT2D eigenvalue weighted by atomic mass is 16.2. The Bertz CT molecular complexity index is 586. The number of carbonyl (C=O) groups is 3. The highest BCUT2D eigenvalue weighted by Gasteiger charge is 2.32. The Balaban J connectivity index is 1.83. The number of nitrogens with two attached hydrogens (primary N) is 1. The highest BCUT2D eigenvalue weighted by molar-refractivity contribution is 5.95. The lowest BCUT2D eigenvalue weighted by atomic mass is 10.1. The molecule has 0 aliphatic carbocycles. The zero-order valence-corrected chi connectivity index (χ0v) is 12.7. The molecule has 1 heterocycles. The molecule has 118 valence electrons. The molecule has 3 N–H and O–H groups in total. The number of rotatable bonds is 5. The van der Waals surface area contributed by atoms with E-state index in [0.29, 0.717) is 18.5 Å². The lowest BCUT2D eigenvalue weighted by Gasteiger charge is -2.22. The van der Waals surface area contributed by atoms with Crippen molar-refractivity contribution >= 4 is 17.7 Å². The molecule has 22 heavy (non-hydrogen) atoms. The zero-order chi connectivity index (χ0) is 16.1. The first-order valence-electron chi connectivity index (χ1n) is 7.43. The summed E-state index contributed by atoms with van der Waals surface area (Å²) in [5.74, 6) is -0.806. The molecule has 1 aliphatic heterocycles. The largest absolute Gasteiger partial charge is 0.368 e. The quantitative estimate of drug-likeness (QED) is 0.834. The third-order valence-corrected chi connectivity index (χ3v) is 3.92. The first-order chi connectivity index (χ1) is 10.5. The van der Waals surface area contributed by atoms with E-state index in [0.717, 1.165) is 12.0 Å². The van der Waals surface area contributed by atoms with Crippen molar-refractivity contribution in [1.29, 1.82) is 0 Å². The number of carbonyl (C=O) groups excluding carboxylic acids is 3. The normalized spacial score (nSPS) is 17.3. The van der Waals surface area contributed by atoms with Crippen LogP contribution in [0, 0.1) is 6.92 Å². The van der Waals surface area contributed by atoms with Crippen LogP contribution in [0.4, 0.5) is 0 Å². The minimum absolute atomic E-state index is 0.147. The van der Waals surface area contributed by atoms with E-state index in [1.807, 2.05) is 19.1 Å². The van der Waals surface area contributed by atoms with Gasteiger partial charge in [-0.15, -0.1) is 0 Å². The van der Waals surface area contributed by atoms with E-state index in [-0.39, 0.29) is 24.8 Å². The number of amides is 3. The monoisotopic (exact) mass is 303 g/mol. The molecule has 1 fully saturated rings. The van der Waals surface area contributed by atoms with Crippen LogP contribution in [0.3, 0.4) is 0 Å². The van der Waals surface area contributed by atoms with Gasteiger partial charge >= 0.3 is 0 Å². The van der Waals surface area contributed by atoms with E-state index in [9.17, 15) is 14.4 Å². The lowest BCUT2D eigenvalue weighted by Crippen LogP contribution is -2.44. The van der Waals surface area contributed by atoms with Gasteiger partial charge in [-0.1, -0.05) is 18.2 Å². The number of benzene rings is 1. The summed E-state index contributed by atoms with van der Waals surface area (Å²) in [6.07, 6.45) is 1.58. The maximum absolute atomic E-state index is 12.1. The average Bonchev–Trinajstić information content (AvgIpc) is 2.97. The summed E-state index contributed by atoms with van der Waals surface area (Å²) in [6, 6.07) is 6.78. The van der Waals surface area contributed by atoms with Crippen LogP contribution in [0.15, 0.2) is 24.3 Å². The van der Waals surface area contributed by atoms with Crippen LogP contribution in [-0.4, -0.2) is 41.8 Å². The molecule has 1 atom stereocenters.